The molecule has 1 rings (SSSR count). The van der Waals surface area contributed by atoms with Crippen LogP contribution in [-0.4, -0.2) is 42.9 Å². The van der Waals surface area contributed by atoms with Crippen LogP contribution < -0.4 is 4.72 Å². The Morgan fingerprint density at radius 1 is 1.22 bits per heavy atom. The van der Waals surface area contributed by atoms with E-state index in [1.165, 1.54) is 18.4 Å². The second-order valence-corrected chi connectivity index (χ2v) is 6.37. The van der Waals surface area contributed by atoms with Gasteiger partial charge in [-0.2, -0.15) is 12.7 Å². The van der Waals surface area contributed by atoms with Crippen LogP contribution in [0.25, 0.3) is 0 Å². The van der Waals surface area contributed by atoms with Gasteiger partial charge < -0.3 is 4.57 Å². The predicted octanol–water partition coefficient (Wildman–Crippen LogP) is 0.839. The summed E-state index contributed by atoms with van der Waals surface area (Å²) in [6, 6.07) is 0. The molecule has 1 aromatic rings. The van der Waals surface area contributed by atoms with Gasteiger partial charge in [0.15, 0.2) is 0 Å². The minimum absolute atomic E-state index is 0.506. The highest BCUT2D eigenvalue weighted by Crippen LogP contribution is 2.02. The van der Waals surface area contributed by atoms with Crippen LogP contribution in [0.1, 0.15) is 25.7 Å². The standard InChI is InChI=1S/C11H22N4O2S/c1-14(2)18(16,17)13-7-5-3-4-6-9-15-10-8-12-11-15/h8,10-11,13H,3-7,9H2,1-2H3. The lowest BCUT2D eigenvalue weighted by atomic mass is 10.2. The van der Waals surface area contributed by atoms with Crippen molar-refractivity contribution in [3.63, 3.8) is 0 Å². The predicted molar refractivity (Wildman–Crippen MR) is 71.3 cm³/mol. The fourth-order valence-corrected chi connectivity index (χ4v) is 2.18. The van der Waals surface area contributed by atoms with Gasteiger partial charge in [0.2, 0.25) is 0 Å². The van der Waals surface area contributed by atoms with Gasteiger partial charge in [-0.05, 0) is 12.8 Å². The average molecular weight is 274 g/mol. The molecule has 18 heavy (non-hydrogen) atoms. The van der Waals surface area contributed by atoms with Gasteiger partial charge in [0.1, 0.15) is 0 Å². The van der Waals surface area contributed by atoms with Crippen LogP contribution in [0.5, 0.6) is 0 Å². The summed E-state index contributed by atoms with van der Waals surface area (Å²) in [6.07, 6.45) is 9.63. The Morgan fingerprint density at radius 3 is 2.56 bits per heavy atom. The molecule has 0 unspecified atom stereocenters. The van der Waals surface area contributed by atoms with Gasteiger partial charge in [0.05, 0.1) is 6.33 Å². The molecule has 7 heteroatoms. The third kappa shape index (κ3) is 5.61. The van der Waals surface area contributed by atoms with E-state index in [1.807, 2.05) is 12.5 Å². The third-order valence-corrected chi connectivity index (χ3v) is 4.20. The molecule has 1 heterocycles. The molecule has 0 fully saturated rings. The molecule has 0 spiro atoms. The number of aryl methyl sites for hydroxylation is 1. The smallest absolute Gasteiger partial charge is 0.278 e. The first kappa shape index (κ1) is 15.1. The topological polar surface area (TPSA) is 67.2 Å². The molecule has 6 nitrogen and oxygen atoms in total. The summed E-state index contributed by atoms with van der Waals surface area (Å²) in [6.45, 7) is 1.48. The van der Waals surface area contributed by atoms with E-state index in [1.54, 1.807) is 6.20 Å². The number of rotatable bonds is 9. The number of imidazole rings is 1. The van der Waals surface area contributed by atoms with Crippen molar-refractivity contribution in [2.24, 2.45) is 0 Å². The van der Waals surface area contributed by atoms with Crippen molar-refractivity contribution in [2.75, 3.05) is 20.6 Å². The number of aromatic nitrogens is 2. The normalized spacial score (nSPS) is 12.2. The first-order valence-electron chi connectivity index (χ1n) is 6.15. The first-order valence-corrected chi connectivity index (χ1v) is 7.59. The van der Waals surface area contributed by atoms with Crippen LogP contribution in [0.3, 0.4) is 0 Å². The van der Waals surface area contributed by atoms with Gasteiger partial charge in [0, 0.05) is 39.6 Å². The lowest BCUT2D eigenvalue weighted by Gasteiger charge is -2.11. The van der Waals surface area contributed by atoms with E-state index in [0.717, 1.165) is 32.2 Å². The second-order valence-electron chi connectivity index (χ2n) is 4.40. The van der Waals surface area contributed by atoms with Crippen LogP contribution >= 0.6 is 0 Å². The second kappa shape index (κ2) is 7.50. The summed E-state index contributed by atoms with van der Waals surface area (Å²) in [4.78, 5) is 3.98. The van der Waals surface area contributed by atoms with E-state index in [4.69, 9.17) is 0 Å². The zero-order chi connectivity index (χ0) is 13.4. The van der Waals surface area contributed by atoms with Crippen LogP contribution in [0.4, 0.5) is 0 Å². The van der Waals surface area contributed by atoms with Crippen molar-refractivity contribution < 1.29 is 8.42 Å². The van der Waals surface area contributed by atoms with Crippen molar-refractivity contribution >= 4 is 10.2 Å². The molecule has 0 saturated heterocycles. The summed E-state index contributed by atoms with van der Waals surface area (Å²) in [5.41, 5.74) is 0. The molecular formula is C11H22N4O2S. The van der Waals surface area contributed by atoms with Crippen molar-refractivity contribution in [1.82, 2.24) is 18.6 Å². The molecule has 0 aliphatic heterocycles. The number of nitrogens with zero attached hydrogens (tertiary/aromatic N) is 3. The molecule has 104 valence electrons. The fraction of sp³-hybridized carbons (Fsp3) is 0.727. The molecule has 1 N–H and O–H groups in total. The molecule has 0 aliphatic carbocycles. The Balaban J connectivity index is 1.99. The zero-order valence-corrected chi connectivity index (χ0v) is 11.9. The maximum atomic E-state index is 11.4. The first-order chi connectivity index (χ1) is 8.52. The van der Waals surface area contributed by atoms with E-state index in [2.05, 4.69) is 14.3 Å². The Kier molecular flexibility index (Phi) is 6.31. The summed E-state index contributed by atoms with van der Waals surface area (Å²) < 4.78 is 28.5. The van der Waals surface area contributed by atoms with Crippen molar-refractivity contribution in [2.45, 2.75) is 32.2 Å². The molecule has 0 atom stereocenters. The Bertz CT molecular complexity index is 414. The molecule has 0 radical (unpaired) electrons. The summed E-state index contributed by atoms with van der Waals surface area (Å²) >= 11 is 0. The summed E-state index contributed by atoms with van der Waals surface area (Å²) in [5.74, 6) is 0. The van der Waals surface area contributed by atoms with E-state index in [0.29, 0.717) is 6.54 Å². The number of nitrogens with one attached hydrogen (secondary N) is 1. The van der Waals surface area contributed by atoms with Crippen molar-refractivity contribution in [1.29, 1.82) is 0 Å². The lowest BCUT2D eigenvalue weighted by molar-refractivity contribution is 0.500. The largest absolute Gasteiger partial charge is 0.337 e. The van der Waals surface area contributed by atoms with Gasteiger partial charge in [-0.15, -0.1) is 0 Å². The molecule has 0 aromatic carbocycles. The van der Waals surface area contributed by atoms with Gasteiger partial charge in [-0.1, -0.05) is 12.8 Å². The SMILES string of the molecule is CN(C)S(=O)(=O)NCCCCCCn1ccnc1. The van der Waals surface area contributed by atoms with Crippen molar-refractivity contribution in [3.05, 3.63) is 18.7 Å². The zero-order valence-electron chi connectivity index (χ0n) is 11.0. The summed E-state index contributed by atoms with van der Waals surface area (Å²) in [7, 11) is -0.213. The van der Waals surface area contributed by atoms with E-state index in [-0.39, 0.29) is 0 Å². The maximum Gasteiger partial charge on any atom is 0.278 e. The Hall–Kier alpha value is -0.920. The van der Waals surface area contributed by atoms with Gasteiger partial charge in [0.25, 0.3) is 10.2 Å². The monoisotopic (exact) mass is 274 g/mol. The number of unbranched alkanes of at least 4 members (excludes halogenated alkanes) is 3. The van der Waals surface area contributed by atoms with Gasteiger partial charge in [-0.3, -0.25) is 0 Å². The minimum atomic E-state index is -3.26. The molecule has 0 amide bonds. The van der Waals surface area contributed by atoms with E-state index < -0.39 is 10.2 Å². The Morgan fingerprint density at radius 2 is 1.94 bits per heavy atom. The molecule has 0 bridgehead atoms. The van der Waals surface area contributed by atoms with E-state index in [9.17, 15) is 8.42 Å². The van der Waals surface area contributed by atoms with Crippen LogP contribution in [-0.2, 0) is 16.8 Å². The molecule has 1 aromatic heterocycles. The highest BCUT2D eigenvalue weighted by molar-refractivity contribution is 7.87. The fourth-order valence-electron chi connectivity index (χ4n) is 1.52. The molecule has 0 saturated carbocycles. The highest BCUT2D eigenvalue weighted by Gasteiger charge is 2.10. The van der Waals surface area contributed by atoms with Gasteiger partial charge in [-0.25, -0.2) is 9.71 Å². The quantitative estimate of drug-likeness (QED) is 0.679. The number of hydrogen-bond donors (Lipinski definition) is 1. The Labute approximate surface area is 109 Å². The number of hydrogen-bond acceptors (Lipinski definition) is 3. The van der Waals surface area contributed by atoms with Crippen molar-refractivity contribution in [3.8, 4) is 0 Å². The van der Waals surface area contributed by atoms with Crippen LogP contribution in [0, 0.1) is 0 Å². The maximum absolute atomic E-state index is 11.4. The van der Waals surface area contributed by atoms with Crippen LogP contribution in [0.15, 0.2) is 18.7 Å². The summed E-state index contributed by atoms with van der Waals surface area (Å²) in [5, 5.41) is 0. The molecule has 0 aliphatic rings. The average Bonchev–Trinajstić information content (AvgIpc) is 2.80. The van der Waals surface area contributed by atoms with E-state index >= 15 is 0 Å². The molecular weight excluding hydrogens is 252 g/mol. The van der Waals surface area contributed by atoms with Gasteiger partial charge >= 0.3 is 0 Å². The minimum Gasteiger partial charge on any atom is -0.337 e. The third-order valence-electron chi connectivity index (χ3n) is 2.67. The lowest BCUT2D eigenvalue weighted by Crippen LogP contribution is -2.36. The van der Waals surface area contributed by atoms with Crippen LogP contribution in [0.2, 0.25) is 0 Å². The highest BCUT2D eigenvalue weighted by atomic mass is 32.2.